The van der Waals surface area contributed by atoms with Crippen LogP contribution in [0.3, 0.4) is 0 Å². The van der Waals surface area contributed by atoms with Crippen molar-refractivity contribution in [3.8, 4) is 22.4 Å². The van der Waals surface area contributed by atoms with E-state index >= 15 is 0 Å². The first kappa shape index (κ1) is 23.2. The Morgan fingerprint density at radius 2 is 1.33 bits per heavy atom. The molecule has 182 valence electrons. The van der Waals surface area contributed by atoms with Gasteiger partial charge in [0.05, 0.1) is 11.0 Å². The van der Waals surface area contributed by atoms with E-state index in [0.717, 1.165) is 0 Å². The van der Waals surface area contributed by atoms with Gasteiger partial charge in [0.1, 0.15) is 0 Å². The fourth-order valence-corrected chi connectivity index (χ4v) is 6.63. The molecule has 1 unspecified atom stereocenters. The standard InChI is InChI=1S/C35H38N/c1-34-26-35(34,2)36-23-12-11-20-33(36)31-25-30(21-22-32(31)34)29-19-13-18-28(24-29)17-8-5-3-4-7-14-27-15-9-6-10-16-27/h6,9-13,15-16,18-25H,3-5,7-8,14,17,26H2,1-2H3/q+1/t34?,35-/m0/s1. The van der Waals surface area contributed by atoms with Crippen molar-refractivity contribution in [2.24, 2.45) is 0 Å². The minimum absolute atomic E-state index is 0.208. The Labute approximate surface area is 216 Å². The summed E-state index contributed by atoms with van der Waals surface area (Å²) in [5.41, 5.74) is 10.3. The number of nitrogens with zero attached hydrogens (tertiary/aromatic N) is 1. The highest BCUT2D eigenvalue weighted by Gasteiger charge is 2.73. The summed E-state index contributed by atoms with van der Waals surface area (Å²) in [5.74, 6) is 0. The van der Waals surface area contributed by atoms with Crippen molar-refractivity contribution >= 4 is 0 Å². The van der Waals surface area contributed by atoms with E-state index in [9.17, 15) is 0 Å². The molecule has 6 rings (SSSR count). The number of hydrogen-bond acceptors (Lipinski definition) is 0. The molecular formula is C35H38N+. The Balaban J connectivity index is 1.10. The summed E-state index contributed by atoms with van der Waals surface area (Å²) in [7, 11) is 0. The molecule has 1 heteroatoms. The summed E-state index contributed by atoms with van der Waals surface area (Å²) in [5, 5.41) is 0. The molecule has 0 spiro atoms. The predicted octanol–water partition coefficient (Wildman–Crippen LogP) is 8.43. The van der Waals surface area contributed by atoms with Gasteiger partial charge in [-0.25, -0.2) is 0 Å². The highest BCUT2D eigenvalue weighted by molar-refractivity contribution is 5.76. The average Bonchev–Trinajstić information content (AvgIpc) is 3.52. The number of aryl methyl sites for hydroxylation is 2. The van der Waals surface area contributed by atoms with Crippen LogP contribution in [-0.2, 0) is 23.8 Å². The van der Waals surface area contributed by atoms with Crippen LogP contribution in [0.4, 0.5) is 0 Å². The zero-order valence-corrected chi connectivity index (χ0v) is 21.8. The summed E-state index contributed by atoms with van der Waals surface area (Å²) in [6, 6.07) is 34.0. The zero-order valence-electron chi connectivity index (χ0n) is 21.8. The molecule has 0 amide bonds. The van der Waals surface area contributed by atoms with Crippen molar-refractivity contribution in [1.82, 2.24) is 0 Å². The number of fused-ring (bicyclic) bond motifs is 6. The molecule has 36 heavy (non-hydrogen) atoms. The second-order valence-electron chi connectivity index (χ2n) is 11.5. The Morgan fingerprint density at radius 1 is 0.639 bits per heavy atom. The Kier molecular flexibility index (Phi) is 6.04. The molecular weight excluding hydrogens is 434 g/mol. The van der Waals surface area contributed by atoms with Crippen molar-refractivity contribution in [1.29, 1.82) is 0 Å². The van der Waals surface area contributed by atoms with Gasteiger partial charge in [-0.3, -0.25) is 0 Å². The molecule has 2 atom stereocenters. The van der Waals surface area contributed by atoms with Crippen LogP contribution in [-0.4, -0.2) is 0 Å². The second kappa shape index (κ2) is 9.36. The number of pyridine rings is 1. The molecule has 3 aromatic carbocycles. The zero-order chi connectivity index (χ0) is 24.6. The first-order valence-corrected chi connectivity index (χ1v) is 13.9. The van der Waals surface area contributed by atoms with Crippen LogP contribution >= 0.6 is 0 Å². The van der Waals surface area contributed by atoms with Crippen LogP contribution < -0.4 is 4.57 Å². The molecule has 1 saturated carbocycles. The normalized spacial score (nSPS) is 21.4. The van der Waals surface area contributed by atoms with Crippen LogP contribution in [0.1, 0.15) is 69.1 Å². The third kappa shape index (κ3) is 4.09. The summed E-state index contributed by atoms with van der Waals surface area (Å²) in [4.78, 5) is 0. The summed E-state index contributed by atoms with van der Waals surface area (Å²) < 4.78 is 2.52. The van der Waals surface area contributed by atoms with E-state index in [4.69, 9.17) is 0 Å². The van der Waals surface area contributed by atoms with Crippen molar-refractivity contribution in [3.05, 3.63) is 114 Å². The Bertz CT molecular complexity index is 1370. The van der Waals surface area contributed by atoms with Crippen molar-refractivity contribution in [3.63, 3.8) is 0 Å². The lowest BCUT2D eigenvalue weighted by molar-refractivity contribution is -0.731. The first-order valence-electron chi connectivity index (χ1n) is 13.9. The van der Waals surface area contributed by atoms with Gasteiger partial charge in [-0.15, -0.1) is 0 Å². The van der Waals surface area contributed by atoms with Crippen LogP contribution in [0.5, 0.6) is 0 Å². The van der Waals surface area contributed by atoms with Crippen LogP contribution in [0.25, 0.3) is 22.4 Å². The van der Waals surface area contributed by atoms with Crippen LogP contribution in [0.2, 0.25) is 0 Å². The molecule has 0 bridgehead atoms. The molecule has 1 aliphatic heterocycles. The second-order valence-corrected chi connectivity index (χ2v) is 11.5. The summed E-state index contributed by atoms with van der Waals surface area (Å²) >= 11 is 0. The fraction of sp³-hybridized carbons (Fsp3) is 0.343. The Morgan fingerprint density at radius 3 is 2.17 bits per heavy atom. The third-order valence-electron chi connectivity index (χ3n) is 9.08. The van der Waals surface area contributed by atoms with Gasteiger partial charge in [-0.2, -0.15) is 4.57 Å². The van der Waals surface area contributed by atoms with E-state index in [1.54, 1.807) is 0 Å². The summed E-state index contributed by atoms with van der Waals surface area (Å²) in [6.07, 6.45) is 12.5. The number of aromatic nitrogens is 1. The van der Waals surface area contributed by atoms with E-state index in [1.807, 2.05) is 0 Å². The van der Waals surface area contributed by atoms with Crippen molar-refractivity contribution in [2.75, 3.05) is 0 Å². The maximum Gasteiger partial charge on any atom is 0.213 e. The lowest BCUT2D eigenvalue weighted by atomic mass is 9.82. The van der Waals surface area contributed by atoms with E-state index < -0.39 is 0 Å². The topological polar surface area (TPSA) is 3.88 Å². The molecule has 0 N–H and O–H groups in total. The monoisotopic (exact) mass is 472 g/mol. The molecule has 4 aromatic rings. The minimum Gasteiger partial charge on any atom is -0.192 e. The predicted molar refractivity (Wildman–Crippen MR) is 150 cm³/mol. The lowest BCUT2D eigenvalue weighted by Crippen LogP contribution is -2.52. The van der Waals surface area contributed by atoms with Gasteiger partial charge in [-0.1, -0.05) is 86.0 Å². The first-order chi connectivity index (χ1) is 17.6. The van der Waals surface area contributed by atoms with Gasteiger partial charge in [-0.05, 0) is 72.6 Å². The lowest BCUT2D eigenvalue weighted by Gasteiger charge is -2.25. The minimum atomic E-state index is 0.208. The van der Waals surface area contributed by atoms with E-state index in [-0.39, 0.29) is 11.0 Å². The SMILES string of the molecule is CC12C[C@]1(C)[n+]1ccccc1-c1cc(-c3cccc(CCCCCCCc4ccccc4)c3)ccc12. The number of unbranched alkanes of at least 4 members (excludes halogenated alkanes) is 4. The van der Waals surface area contributed by atoms with Gasteiger partial charge in [0, 0.05) is 25.5 Å². The van der Waals surface area contributed by atoms with Crippen molar-refractivity contribution < 1.29 is 4.57 Å². The molecule has 2 aliphatic rings. The largest absolute Gasteiger partial charge is 0.213 e. The fourth-order valence-electron chi connectivity index (χ4n) is 6.63. The maximum atomic E-state index is 2.52. The maximum absolute atomic E-state index is 2.52. The molecule has 1 aliphatic carbocycles. The molecule has 2 heterocycles. The van der Waals surface area contributed by atoms with Crippen LogP contribution in [0.15, 0.2) is 97.2 Å². The quantitative estimate of drug-likeness (QED) is 0.170. The van der Waals surface area contributed by atoms with E-state index in [2.05, 4.69) is 116 Å². The summed E-state index contributed by atoms with van der Waals surface area (Å²) in [6.45, 7) is 4.86. The van der Waals surface area contributed by atoms with Gasteiger partial charge >= 0.3 is 0 Å². The molecule has 1 fully saturated rings. The van der Waals surface area contributed by atoms with Gasteiger partial charge in [0.25, 0.3) is 0 Å². The molecule has 0 radical (unpaired) electrons. The highest BCUT2D eigenvalue weighted by Crippen LogP contribution is 2.63. The highest BCUT2D eigenvalue weighted by atomic mass is 15.1. The van der Waals surface area contributed by atoms with E-state index in [1.165, 1.54) is 90.4 Å². The van der Waals surface area contributed by atoms with Gasteiger partial charge < -0.3 is 0 Å². The van der Waals surface area contributed by atoms with Crippen molar-refractivity contribution in [2.45, 2.75) is 76.2 Å². The number of benzene rings is 3. The Hall–Kier alpha value is -3.19. The van der Waals surface area contributed by atoms with Gasteiger partial charge in [0.15, 0.2) is 11.7 Å². The average molecular weight is 473 g/mol. The number of rotatable bonds is 9. The number of hydrogen-bond donors (Lipinski definition) is 0. The van der Waals surface area contributed by atoms with E-state index in [0.29, 0.717) is 0 Å². The van der Waals surface area contributed by atoms with Crippen LogP contribution in [0, 0.1) is 0 Å². The third-order valence-corrected chi connectivity index (χ3v) is 9.08. The molecule has 0 saturated heterocycles. The van der Waals surface area contributed by atoms with Gasteiger partial charge in [0.2, 0.25) is 5.69 Å². The molecule has 1 aromatic heterocycles. The smallest absolute Gasteiger partial charge is 0.192 e. The molecule has 1 nitrogen and oxygen atoms in total.